The van der Waals surface area contributed by atoms with Gasteiger partial charge < -0.3 is 10.2 Å². The van der Waals surface area contributed by atoms with Crippen LogP contribution in [0, 0.1) is 5.92 Å². The molecule has 2 amide bonds. The first kappa shape index (κ1) is 15.0. The molecule has 104 valence electrons. The molecule has 1 aliphatic heterocycles. The summed E-state index contributed by atoms with van der Waals surface area (Å²) in [7, 11) is 3.57. The Morgan fingerprint density at radius 2 is 2.11 bits per heavy atom. The van der Waals surface area contributed by atoms with Crippen LogP contribution in [0.4, 0.5) is 0 Å². The van der Waals surface area contributed by atoms with Crippen LogP contribution in [-0.2, 0) is 9.59 Å². The topological polar surface area (TPSA) is 52.7 Å². The zero-order chi connectivity index (χ0) is 13.5. The van der Waals surface area contributed by atoms with Crippen LogP contribution in [0.25, 0.3) is 0 Å². The summed E-state index contributed by atoms with van der Waals surface area (Å²) in [5.41, 5.74) is 0. The number of carbonyl (C=O) groups excluding carboxylic acids is 2. The molecule has 1 heterocycles. The smallest absolute Gasteiger partial charge is 0.234 e. The van der Waals surface area contributed by atoms with E-state index in [9.17, 15) is 9.59 Å². The molecule has 0 aromatic carbocycles. The van der Waals surface area contributed by atoms with Crippen LogP contribution in [0.2, 0.25) is 0 Å². The van der Waals surface area contributed by atoms with Gasteiger partial charge in [0.25, 0.3) is 0 Å². The number of hydrogen-bond donors (Lipinski definition) is 1. The average Bonchev–Trinajstić information content (AvgIpc) is 2.35. The van der Waals surface area contributed by atoms with Crippen molar-refractivity contribution in [2.45, 2.75) is 26.2 Å². The maximum absolute atomic E-state index is 11.9. The Labute approximate surface area is 110 Å². The van der Waals surface area contributed by atoms with Gasteiger partial charge in [-0.05, 0) is 25.8 Å². The van der Waals surface area contributed by atoms with Crippen molar-refractivity contribution in [1.82, 2.24) is 15.1 Å². The number of hydrogen-bond acceptors (Lipinski definition) is 3. The van der Waals surface area contributed by atoms with Gasteiger partial charge in [-0.25, -0.2) is 0 Å². The molecule has 1 unspecified atom stereocenters. The zero-order valence-corrected chi connectivity index (χ0v) is 11.7. The Morgan fingerprint density at radius 1 is 1.39 bits per heavy atom. The standard InChI is InChI=1S/C13H25N3O2/c1-4-7-14-12(17)10-16-8-5-6-11(9-16)13(18)15(2)3/h11H,4-10H2,1-3H3,(H,14,17). The van der Waals surface area contributed by atoms with E-state index in [1.54, 1.807) is 19.0 Å². The Balaban J connectivity index is 2.39. The van der Waals surface area contributed by atoms with Gasteiger partial charge in [-0.1, -0.05) is 6.92 Å². The Bertz CT molecular complexity index is 292. The Morgan fingerprint density at radius 3 is 2.72 bits per heavy atom. The molecule has 0 saturated carbocycles. The lowest BCUT2D eigenvalue weighted by Crippen LogP contribution is -2.46. The highest BCUT2D eigenvalue weighted by atomic mass is 16.2. The van der Waals surface area contributed by atoms with Crippen molar-refractivity contribution in [2.75, 3.05) is 40.3 Å². The Kier molecular flexibility index (Phi) is 6.12. The molecular formula is C13H25N3O2. The fourth-order valence-electron chi connectivity index (χ4n) is 2.29. The lowest BCUT2D eigenvalue weighted by molar-refractivity contribution is -0.135. The van der Waals surface area contributed by atoms with Crippen molar-refractivity contribution in [3.05, 3.63) is 0 Å². The van der Waals surface area contributed by atoms with E-state index in [1.165, 1.54) is 0 Å². The van der Waals surface area contributed by atoms with Gasteiger partial charge in [0.15, 0.2) is 0 Å². The molecule has 0 bridgehead atoms. The van der Waals surface area contributed by atoms with E-state index in [0.29, 0.717) is 13.1 Å². The number of piperidine rings is 1. The minimum Gasteiger partial charge on any atom is -0.355 e. The van der Waals surface area contributed by atoms with E-state index < -0.39 is 0 Å². The van der Waals surface area contributed by atoms with Crippen LogP contribution in [-0.4, -0.2) is 61.9 Å². The van der Waals surface area contributed by atoms with Crippen LogP contribution in [0.15, 0.2) is 0 Å². The molecule has 1 atom stereocenters. The molecule has 0 aliphatic carbocycles. The minimum absolute atomic E-state index is 0.0488. The summed E-state index contributed by atoms with van der Waals surface area (Å²) >= 11 is 0. The number of carbonyl (C=O) groups is 2. The molecule has 18 heavy (non-hydrogen) atoms. The van der Waals surface area contributed by atoms with Gasteiger partial charge in [-0.3, -0.25) is 14.5 Å². The van der Waals surface area contributed by atoms with Crippen LogP contribution < -0.4 is 5.32 Å². The molecular weight excluding hydrogens is 230 g/mol. The number of amides is 2. The molecule has 1 rings (SSSR count). The molecule has 0 spiro atoms. The maximum Gasteiger partial charge on any atom is 0.234 e. The number of rotatable bonds is 5. The second-order valence-electron chi connectivity index (χ2n) is 5.16. The van der Waals surface area contributed by atoms with Crippen molar-refractivity contribution in [3.8, 4) is 0 Å². The first-order valence-electron chi connectivity index (χ1n) is 6.74. The average molecular weight is 255 g/mol. The molecule has 0 aromatic heterocycles. The molecule has 5 heteroatoms. The van der Waals surface area contributed by atoms with E-state index in [1.807, 2.05) is 6.92 Å². The highest BCUT2D eigenvalue weighted by Crippen LogP contribution is 2.17. The second-order valence-corrected chi connectivity index (χ2v) is 5.16. The van der Waals surface area contributed by atoms with E-state index in [2.05, 4.69) is 10.2 Å². The number of likely N-dealkylation sites (tertiary alicyclic amines) is 1. The molecule has 1 N–H and O–H groups in total. The van der Waals surface area contributed by atoms with Gasteiger partial charge in [0, 0.05) is 27.2 Å². The van der Waals surface area contributed by atoms with Crippen molar-refractivity contribution in [2.24, 2.45) is 5.92 Å². The van der Waals surface area contributed by atoms with Crippen molar-refractivity contribution in [3.63, 3.8) is 0 Å². The molecule has 0 radical (unpaired) electrons. The normalized spacial score (nSPS) is 20.5. The van der Waals surface area contributed by atoms with Gasteiger partial charge in [0.05, 0.1) is 12.5 Å². The van der Waals surface area contributed by atoms with Gasteiger partial charge in [-0.15, -0.1) is 0 Å². The largest absolute Gasteiger partial charge is 0.355 e. The summed E-state index contributed by atoms with van der Waals surface area (Å²) in [5, 5.41) is 2.87. The predicted octanol–water partition coefficient (Wildman–Crippen LogP) is 0.313. The number of nitrogens with one attached hydrogen (secondary N) is 1. The van der Waals surface area contributed by atoms with Crippen LogP contribution in [0.3, 0.4) is 0 Å². The van der Waals surface area contributed by atoms with Crippen molar-refractivity contribution < 1.29 is 9.59 Å². The second kappa shape index (κ2) is 7.36. The van der Waals surface area contributed by atoms with E-state index in [4.69, 9.17) is 0 Å². The highest BCUT2D eigenvalue weighted by molar-refractivity contribution is 5.79. The van der Waals surface area contributed by atoms with Gasteiger partial charge in [0.2, 0.25) is 11.8 Å². The van der Waals surface area contributed by atoms with Crippen LogP contribution in [0.1, 0.15) is 26.2 Å². The summed E-state index contributed by atoms with van der Waals surface area (Å²) in [4.78, 5) is 27.3. The lowest BCUT2D eigenvalue weighted by atomic mass is 9.97. The first-order chi connectivity index (χ1) is 8.54. The third-order valence-electron chi connectivity index (χ3n) is 3.23. The van der Waals surface area contributed by atoms with E-state index >= 15 is 0 Å². The third-order valence-corrected chi connectivity index (χ3v) is 3.23. The van der Waals surface area contributed by atoms with Crippen LogP contribution in [0.5, 0.6) is 0 Å². The molecule has 0 aromatic rings. The number of nitrogens with zero attached hydrogens (tertiary/aromatic N) is 2. The zero-order valence-electron chi connectivity index (χ0n) is 11.7. The summed E-state index contributed by atoms with van der Waals surface area (Å²) in [6.07, 6.45) is 2.88. The predicted molar refractivity (Wildman–Crippen MR) is 71.2 cm³/mol. The summed E-state index contributed by atoms with van der Waals surface area (Å²) in [6, 6.07) is 0. The lowest BCUT2D eigenvalue weighted by Gasteiger charge is -2.32. The van der Waals surface area contributed by atoms with E-state index in [0.717, 1.165) is 32.4 Å². The third kappa shape index (κ3) is 4.64. The molecule has 1 fully saturated rings. The highest BCUT2D eigenvalue weighted by Gasteiger charge is 2.27. The summed E-state index contributed by atoms with van der Waals surface area (Å²) < 4.78 is 0. The summed E-state index contributed by atoms with van der Waals surface area (Å²) in [5.74, 6) is 0.288. The molecule has 1 saturated heterocycles. The van der Waals surface area contributed by atoms with Gasteiger partial charge in [-0.2, -0.15) is 0 Å². The SMILES string of the molecule is CCCNC(=O)CN1CCCC(C(=O)N(C)C)C1. The minimum atomic E-state index is 0.0488. The van der Waals surface area contributed by atoms with Crippen molar-refractivity contribution in [1.29, 1.82) is 0 Å². The maximum atomic E-state index is 11.9. The first-order valence-corrected chi connectivity index (χ1v) is 6.74. The fourth-order valence-corrected chi connectivity index (χ4v) is 2.29. The van der Waals surface area contributed by atoms with E-state index in [-0.39, 0.29) is 17.7 Å². The fraction of sp³-hybridized carbons (Fsp3) is 0.846. The molecule has 1 aliphatic rings. The Hall–Kier alpha value is -1.10. The van der Waals surface area contributed by atoms with Crippen LogP contribution >= 0.6 is 0 Å². The van der Waals surface area contributed by atoms with Crippen molar-refractivity contribution >= 4 is 11.8 Å². The molecule has 5 nitrogen and oxygen atoms in total. The quantitative estimate of drug-likeness (QED) is 0.769. The van der Waals surface area contributed by atoms with Gasteiger partial charge >= 0.3 is 0 Å². The summed E-state index contributed by atoms with van der Waals surface area (Å²) in [6.45, 7) is 4.80. The van der Waals surface area contributed by atoms with Gasteiger partial charge in [0.1, 0.15) is 0 Å². The monoisotopic (exact) mass is 255 g/mol.